The van der Waals surface area contributed by atoms with Crippen molar-refractivity contribution in [2.75, 3.05) is 0 Å². The summed E-state index contributed by atoms with van der Waals surface area (Å²) < 4.78 is 6.79. The number of hydrogen-bond donors (Lipinski definition) is 2. The van der Waals surface area contributed by atoms with Crippen LogP contribution in [0, 0.1) is 6.92 Å². The number of nitrogens with zero attached hydrogens (tertiary/aromatic N) is 2. The third-order valence-corrected chi connectivity index (χ3v) is 4.18. The lowest BCUT2D eigenvalue weighted by atomic mass is 10.1. The molecule has 1 aromatic heterocycles. The van der Waals surface area contributed by atoms with E-state index < -0.39 is 24.0 Å². The van der Waals surface area contributed by atoms with Gasteiger partial charge in [-0.25, -0.2) is 14.3 Å². The van der Waals surface area contributed by atoms with E-state index in [1.54, 1.807) is 10.9 Å². The van der Waals surface area contributed by atoms with E-state index in [1.165, 1.54) is 6.92 Å². The molecule has 1 heterocycles. The summed E-state index contributed by atoms with van der Waals surface area (Å²) in [5, 5.41) is 6.43. The number of rotatable bonds is 5. The molecule has 0 saturated carbocycles. The first-order chi connectivity index (χ1) is 13.8. The highest BCUT2D eigenvalue weighted by Gasteiger charge is 2.25. The summed E-state index contributed by atoms with van der Waals surface area (Å²) in [6.45, 7) is 3.31. The van der Waals surface area contributed by atoms with Crippen LogP contribution in [0.15, 0.2) is 60.8 Å². The van der Waals surface area contributed by atoms with E-state index in [9.17, 15) is 14.4 Å². The van der Waals surface area contributed by atoms with Gasteiger partial charge < -0.3 is 10.5 Å². The van der Waals surface area contributed by atoms with Crippen molar-refractivity contribution < 1.29 is 19.1 Å². The van der Waals surface area contributed by atoms with Crippen LogP contribution in [0.2, 0.25) is 0 Å². The Hall–Kier alpha value is -3.94. The van der Waals surface area contributed by atoms with E-state index in [-0.39, 0.29) is 5.56 Å². The normalized spacial score (nSPS) is 11.5. The van der Waals surface area contributed by atoms with Crippen LogP contribution < -0.4 is 11.1 Å². The Kier molecular flexibility index (Phi) is 5.73. The van der Waals surface area contributed by atoms with E-state index in [4.69, 9.17) is 10.5 Å². The third kappa shape index (κ3) is 4.67. The zero-order chi connectivity index (χ0) is 21.0. The molecule has 0 radical (unpaired) electrons. The monoisotopic (exact) mass is 392 g/mol. The third-order valence-electron chi connectivity index (χ3n) is 4.18. The molecular formula is C21H20N4O4. The fourth-order valence-corrected chi connectivity index (χ4v) is 2.66. The largest absolute Gasteiger partial charge is 0.449 e. The lowest BCUT2D eigenvalue weighted by Crippen LogP contribution is -2.42. The van der Waals surface area contributed by atoms with Crippen LogP contribution >= 0.6 is 0 Å². The molecule has 0 aliphatic carbocycles. The summed E-state index contributed by atoms with van der Waals surface area (Å²) >= 11 is 0. The van der Waals surface area contributed by atoms with Gasteiger partial charge in [0.15, 0.2) is 6.10 Å². The van der Waals surface area contributed by atoms with E-state index in [1.807, 2.05) is 66.8 Å². The number of hydrogen-bond acceptors (Lipinski definition) is 5. The van der Waals surface area contributed by atoms with E-state index in [0.29, 0.717) is 5.69 Å². The number of imide groups is 1. The molecule has 3 amide bonds. The van der Waals surface area contributed by atoms with Crippen molar-refractivity contribution in [2.45, 2.75) is 20.0 Å². The molecule has 0 fully saturated rings. The predicted octanol–water partition coefficient (Wildman–Crippen LogP) is 2.59. The number of ether oxygens (including phenoxy) is 1. The molecule has 8 nitrogen and oxygen atoms in total. The Morgan fingerprint density at radius 3 is 2.34 bits per heavy atom. The highest BCUT2D eigenvalue weighted by Crippen LogP contribution is 2.25. The Morgan fingerprint density at radius 1 is 1.07 bits per heavy atom. The van der Waals surface area contributed by atoms with Crippen LogP contribution in [0.3, 0.4) is 0 Å². The molecule has 0 aliphatic rings. The number of aromatic nitrogens is 2. The highest BCUT2D eigenvalue weighted by molar-refractivity contribution is 6.00. The molecule has 3 aromatic rings. The van der Waals surface area contributed by atoms with Gasteiger partial charge in [0.1, 0.15) is 11.3 Å². The Bertz CT molecular complexity index is 1040. The maximum absolute atomic E-state index is 12.8. The number of urea groups is 1. The predicted molar refractivity (Wildman–Crippen MR) is 106 cm³/mol. The van der Waals surface area contributed by atoms with Crippen molar-refractivity contribution in [3.8, 4) is 16.9 Å². The van der Waals surface area contributed by atoms with Gasteiger partial charge in [-0.05, 0) is 26.0 Å². The summed E-state index contributed by atoms with van der Waals surface area (Å²) in [6, 6.07) is 15.8. The number of nitrogens with two attached hydrogens (primary N) is 1. The highest BCUT2D eigenvalue weighted by atomic mass is 16.5. The van der Waals surface area contributed by atoms with Crippen molar-refractivity contribution >= 4 is 17.9 Å². The first kappa shape index (κ1) is 19.8. The van der Waals surface area contributed by atoms with Crippen LogP contribution in [0.4, 0.5) is 4.79 Å². The first-order valence-electron chi connectivity index (χ1n) is 8.88. The van der Waals surface area contributed by atoms with Gasteiger partial charge in [-0.1, -0.05) is 48.0 Å². The minimum Gasteiger partial charge on any atom is -0.449 e. The van der Waals surface area contributed by atoms with Gasteiger partial charge >= 0.3 is 12.0 Å². The molecule has 1 atom stereocenters. The number of para-hydroxylation sites is 1. The first-order valence-corrected chi connectivity index (χ1v) is 8.88. The number of aryl methyl sites for hydroxylation is 1. The number of nitrogens with one attached hydrogen (secondary N) is 1. The molecular weight excluding hydrogens is 372 g/mol. The maximum atomic E-state index is 12.8. The van der Waals surface area contributed by atoms with Gasteiger partial charge in [0.25, 0.3) is 5.91 Å². The van der Waals surface area contributed by atoms with E-state index in [2.05, 4.69) is 5.10 Å². The van der Waals surface area contributed by atoms with Crippen LogP contribution in [0.25, 0.3) is 16.9 Å². The van der Waals surface area contributed by atoms with Gasteiger partial charge in [0, 0.05) is 11.8 Å². The van der Waals surface area contributed by atoms with Crippen LogP contribution in [-0.2, 0) is 9.53 Å². The lowest BCUT2D eigenvalue weighted by Gasteiger charge is -2.11. The molecule has 0 bridgehead atoms. The molecule has 8 heteroatoms. The van der Waals surface area contributed by atoms with Crippen LogP contribution in [-0.4, -0.2) is 33.8 Å². The number of primary amides is 1. The van der Waals surface area contributed by atoms with Gasteiger partial charge in [-0.3, -0.25) is 10.1 Å². The van der Waals surface area contributed by atoms with Crippen molar-refractivity contribution in [2.24, 2.45) is 5.73 Å². The zero-order valence-electron chi connectivity index (χ0n) is 16.0. The van der Waals surface area contributed by atoms with Crippen molar-refractivity contribution in [1.82, 2.24) is 15.1 Å². The minimum atomic E-state index is -1.21. The van der Waals surface area contributed by atoms with Crippen molar-refractivity contribution in [1.29, 1.82) is 0 Å². The summed E-state index contributed by atoms with van der Waals surface area (Å²) in [4.78, 5) is 35.4. The van der Waals surface area contributed by atoms with Crippen LogP contribution in [0.1, 0.15) is 22.8 Å². The number of carbonyl (C=O) groups excluding carboxylic acids is 3. The average molecular weight is 392 g/mol. The minimum absolute atomic E-state index is 0.191. The van der Waals surface area contributed by atoms with Gasteiger partial charge in [0.05, 0.1) is 5.69 Å². The molecule has 0 saturated heterocycles. The fraction of sp³-hybridized carbons (Fsp3) is 0.143. The van der Waals surface area contributed by atoms with Gasteiger partial charge in [-0.2, -0.15) is 5.10 Å². The topological polar surface area (TPSA) is 116 Å². The fourth-order valence-electron chi connectivity index (χ4n) is 2.66. The molecule has 148 valence electrons. The molecule has 0 aliphatic heterocycles. The Morgan fingerprint density at radius 2 is 1.72 bits per heavy atom. The molecule has 3 rings (SSSR count). The molecule has 3 N–H and O–H groups in total. The number of benzene rings is 2. The second-order valence-electron chi connectivity index (χ2n) is 6.44. The molecule has 0 spiro atoms. The SMILES string of the molecule is Cc1ccc(-c2nn(-c3ccccc3)cc2C(=O)O[C@H](C)C(=O)NC(N)=O)cc1. The molecule has 0 unspecified atom stereocenters. The summed E-state index contributed by atoms with van der Waals surface area (Å²) in [6.07, 6.45) is 0.340. The summed E-state index contributed by atoms with van der Waals surface area (Å²) in [5.41, 5.74) is 8.10. The van der Waals surface area contributed by atoms with Crippen molar-refractivity contribution in [3.05, 3.63) is 71.9 Å². The number of amides is 3. The van der Waals surface area contributed by atoms with E-state index in [0.717, 1.165) is 16.8 Å². The molecule has 29 heavy (non-hydrogen) atoms. The zero-order valence-corrected chi connectivity index (χ0v) is 16.0. The standard InChI is InChI=1S/C21H20N4O4/c1-13-8-10-15(11-9-13)18-17(12-25(24-18)16-6-4-3-5-7-16)20(27)29-14(2)19(26)23-21(22)28/h3-12,14H,1-2H3,(H3,22,23,26,28)/t14-/m1/s1. The van der Waals surface area contributed by atoms with Gasteiger partial charge in [-0.15, -0.1) is 0 Å². The Balaban J connectivity index is 1.96. The number of esters is 1. The summed E-state index contributed by atoms with van der Waals surface area (Å²) in [7, 11) is 0. The second kappa shape index (κ2) is 8.39. The molecule has 2 aromatic carbocycles. The quantitative estimate of drug-likeness (QED) is 0.648. The lowest BCUT2D eigenvalue weighted by molar-refractivity contribution is -0.127. The smallest absolute Gasteiger partial charge is 0.342 e. The van der Waals surface area contributed by atoms with Gasteiger partial charge in [0.2, 0.25) is 0 Å². The van der Waals surface area contributed by atoms with E-state index >= 15 is 0 Å². The van der Waals surface area contributed by atoms with Crippen molar-refractivity contribution in [3.63, 3.8) is 0 Å². The Labute approximate surface area is 167 Å². The van der Waals surface area contributed by atoms with Crippen LogP contribution in [0.5, 0.6) is 0 Å². The maximum Gasteiger partial charge on any atom is 0.342 e. The summed E-state index contributed by atoms with van der Waals surface area (Å²) in [5.74, 6) is -1.55. The second-order valence-corrected chi connectivity index (χ2v) is 6.44. The number of carbonyl (C=O) groups is 3. The average Bonchev–Trinajstić information content (AvgIpc) is 3.14.